The fourth-order valence-electron chi connectivity index (χ4n) is 9.98. The van der Waals surface area contributed by atoms with Crippen molar-refractivity contribution in [1.82, 2.24) is 10.6 Å². The van der Waals surface area contributed by atoms with Crippen LogP contribution in [0.15, 0.2) is 0 Å². The number of hydrogen-bond acceptors (Lipinski definition) is 35. The predicted octanol–water partition coefficient (Wildman–Crippen LogP) is -2.58. The average molecular weight is 1340 g/mol. The molecule has 2 N–H and O–H groups in total. The molecule has 20 atom stereocenters. The number of rotatable bonds is 30. The molecule has 93 heavy (non-hydrogen) atoms. The highest BCUT2D eigenvalue weighted by molar-refractivity contribution is 5.75. The van der Waals surface area contributed by atoms with Gasteiger partial charge in [0.2, 0.25) is 11.8 Å². The summed E-state index contributed by atoms with van der Waals surface area (Å²) in [6.07, 6.45) is -30.3. The minimum Gasteiger partial charge on any atom is -0.463 e. The molecule has 0 saturated carbocycles. The molecule has 0 spiro atoms. The smallest absolute Gasteiger partial charge is 0.303 e. The van der Waals surface area contributed by atoms with E-state index >= 15 is 0 Å². The largest absolute Gasteiger partial charge is 0.463 e. The molecule has 4 heterocycles. The molecule has 0 bridgehead atoms. The molecule has 4 saturated heterocycles. The lowest BCUT2D eigenvalue weighted by molar-refractivity contribution is -0.351. The van der Waals surface area contributed by atoms with E-state index in [1.54, 1.807) is 0 Å². The second kappa shape index (κ2) is 37.2. The Balaban J connectivity index is 1.64. The van der Waals surface area contributed by atoms with Gasteiger partial charge in [0.25, 0.3) is 0 Å². The van der Waals surface area contributed by atoms with E-state index in [1.807, 2.05) is 0 Å². The number of carbonyl (C=O) groups excluding carboxylic acids is 14. The SMILES string of the molecule is CC(=O)N[C@H]1[C@H](OCCOCCO[C@@H]2O[C@H](COC(C)=O)[C@@H](O[C@@H]3O[C@H](COC(C)=O)[C@H](OC(C)=O)[C@H](OC(C)=O)[C@H]3OC(C)=O)[C@H](OC(C)=O)[C@H]2NC(C)=O)O[C@H](COC(C)=O)[C@@H](O[C@@H]2O[C@H](COC(C)=O)[C@H](OC(C)=O)[C@H](OC(C)=O)[C@H]2OC(C)=O)[C@@H]1OC(C)=O. The third-order valence-electron chi connectivity index (χ3n) is 13.0. The number of amides is 2. The molecule has 0 aliphatic carbocycles. The first-order valence-corrected chi connectivity index (χ1v) is 28.8. The Labute approximate surface area is 532 Å². The summed E-state index contributed by atoms with van der Waals surface area (Å²) in [6.45, 7) is 10.3. The van der Waals surface area contributed by atoms with Gasteiger partial charge in [-0.25, -0.2) is 0 Å². The standard InChI is InChI=1S/C56H80N2O35/c1-23(59)57-41-47(82-31(9)67)43(92-55-51(86-35(13)71)49(84-33(11)69)45(80-29(7)65)39(90-55)21-78-27(5)63)37(19-76-25(3)61)88-53(41)74-17-15-73-16-18-75-54-42(58-24(2)60)48(83-32(10)68)44(38(89-54)20-77-26(4)62)93-56-52(87-36(14)72)50(85-34(12)70)46(81-30(8)66)40(91-56)22-79-28(6)64/h37-56H,15-22H2,1-14H3,(H,57,59)(H,58,60)/t37-,38-,39-,40-,41-,42-,43-,44-,45+,46+,47-,48-,49+,50+,51-,52-,53-,54-,55+,56+/m1/s1. The summed E-state index contributed by atoms with van der Waals surface area (Å²) in [6, 6.07) is -3.03. The first-order chi connectivity index (χ1) is 43.6. The van der Waals surface area contributed by atoms with Gasteiger partial charge in [0, 0.05) is 96.9 Å². The molecule has 524 valence electrons. The van der Waals surface area contributed by atoms with Crippen molar-refractivity contribution in [3.8, 4) is 0 Å². The van der Waals surface area contributed by atoms with Crippen LogP contribution < -0.4 is 10.6 Å². The van der Waals surface area contributed by atoms with E-state index in [4.69, 9.17) is 99.5 Å². The van der Waals surface area contributed by atoms with Crippen LogP contribution in [0.25, 0.3) is 0 Å². The molecule has 0 radical (unpaired) electrons. The maximum absolute atomic E-state index is 13.0. The minimum absolute atomic E-state index is 0.314. The summed E-state index contributed by atoms with van der Waals surface area (Å²) < 4.78 is 121. The second-order valence-corrected chi connectivity index (χ2v) is 21.0. The van der Waals surface area contributed by atoms with Gasteiger partial charge in [-0.1, -0.05) is 0 Å². The first-order valence-electron chi connectivity index (χ1n) is 28.8. The van der Waals surface area contributed by atoms with Gasteiger partial charge in [-0.2, -0.15) is 0 Å². The van der Waals surface area contributed by atoms with Crippen molar-refractivity contribution < 1.29 is 167 Å². The zero-order valence-electron chi connectivity index (χ0n) is 53.5. The van der Waals surface area contributed by atoms with Crippen LogP contribution in [0, 0.1) is 0 Å². The van der Waals surface area contributed by atoms with Crippen LogP contribution >= 0.6 is 0 Å². The molecule has 2 amide bonds. The monoisotopic (exact) mass is 1340 g/mol. The third kappa shape index (κ3) is 25.2. The van der Waals surface area contributed by atoms with Gasteiger partial charge in [0.1, 0.15) is 75.1 Å². The molecule has 37 heteroatoms. The molecule has 4 fully saturated rings. The van der Waals surface area contributed by atoms with Gasteiger partial charge in [-0.05, 0) is 0 Å². The highest BCUT2D eigenvalue weighted by atomic mass is 16.8. The van der Waals surface area contributed by atoms with E-state index in [0.29, 0.717) is 0 Å². The molecular formula is C56H80N2O35. The van der Waals surface area contributed by atoms with Crippen molar-refractivity contribution in [2.24, 2.45) is 0 Å². The maximum atomic E-state index is 13.0. The Bertz CT molecular complexity index is 2480. The van der Waals surface area contributed by atoms with Gasteiger partial charge in [0.15, 0.2) is 74.0 Å². The molecule has 0 unspecified atom stereocenters. The van der Waals surface area contributed by atoms with E-state index in [0.717, 1.165) is 96.9 Å². The quantitative estimate of drug-likeness (QED) is 0.0424. The topological polar surface area (TPSA) is 457 Å². The lowest BCUT2D eigenvalue weighted by Crippen LogP contribution is -2.69. The Morgan fingerprint density at radius 3 is 0.763 bits per heavy atom. The second-order valence-electron chi connectivity index (χ2n) is 21.0. The Hall–Kier alpha value is -7.78. The Kier molecular flexibility index (Phi) is 31.1. The van der Waals surface area contributed by atoms with Crippen LogP contribution in [0.4, 0.5) is 0 Å². The zero-order chi connectivity index (χ0) is 69.6. The van der Waals surface area contributed by atoms with Crippen molar-refractivity contribution in [3.05, 3.63) is 0 Å². The van der Waals surface area contributed by atoms with E-state index in [2.05, 4.69) is 10.6 Å². The highest BCUT2D eigenvalue weighted by Gasteiger charge is 2.59. The number of nitrogens with one attached hydrogen (secondary N) is 2. The minimum atomic E-state index is -1.92. The predicted molar refractivity (Wildman–Crippen MR) is 293 cm³/mol. The molecule has 4 aliphatic rings. The van der Waals surface area contributed by atoms with Crippen molar-refractivity contribution in [3.63, 3.8) is 0 Å². The van der Waals surface area contributed by atoms with Crippen LogP contribution in [0.3, 0.4) is 0 Å². The van der Waals surface area contributed by atoms with Gasteiger partial charge in [-0.3, -0.25) is 67.1 Å². The summed E-state index contributed by atoms with van der Waals surface area (Å²) in [5, 5.41) is 5.17. The normalized spacial score (nSPS) is 30.6. The lowest BCUT2D eigenvalue weighted by Gasteiger charge is -2.49. The molecular weight excluding hydrogens is 1260 g/mol. The summed E-state index contributed by atoms with van der Waals surface area (Å²) >= 11 is 0. The summed E-state index contributed by atoms with van der Waals surface area (Å²) in [7, 11) is 0. The molecule has 0 aromatic rings. The van der Waals surface area contributed by atoms with Crippen LogP contribution in [0.2, 0.25) is 0 Å². The maximum Gasteiger partial charge on any atom is 0.303 e. The average Bonchev–Trinajstić information content (AvgIpc) is 0.793. The van der Waals surface area contributed by atoms with Crippen molar-refractivity contribution >= 4 is 83.4 Å². The van der Waals surface area contributed by atoms with Crippen LogP contribution in [0.1, 0.15) is 96.9 Å². The molecule has 0 aromatic carbocycles. The van der Waals surface area contributed by atoms with Gasteiger partial charge >= 0.3 is 71.6 Å². The van der Waals surface area contributed by atoms with E-state index in [1.165, 1.54) is 0 Å². The number of ether oxygens (including phenoxy) is 21. The van der Waals surface area contributed by atoms with Crippen molar-refractivity contribution in [1.29, 1.82) is 0 Å². The van der Waals surface area contributed by atoms with E-state index < -0.39 is 246 Å². The van der Waals surface area contributed by atoms with E-state index in [-0.39, 0.29) is 13.2 Å². The summed E-state index contributed by atoms with van der Waals surface area (Å²) in [5.74, 6) is -12.5. The molecule has 4 aliphatic heterocycles. The van der Waals surface area contributed by atoms with Crippen LogP contribution in [-0.2, 0) is 167 Å². The van der Waals surface area contributed by atoms with Crippen LogP contribution in [-0.4, -0.2) is 259 Å². The fraction of sp³-hybridized carbons (Fsp3) is 0.750. The van der Waals surface area contributed by atoms with Crippen molar-refractivity contribution in [2.45, 2.75) is 220 Å². The Morgan fingerprint density at radius 2 is 0.505 bits per heavy atom. The lowest BCUT2D eigenvalue weighted by atomic mass is 9.94. The summed E-state index contributed by atoms with van der Waals surface area (Å²) in [4.78, 5) is 176. The first kappa shape index (κ1) is 77.7. The molecule has 0 aromatic heterocycles. The summed E-state index contributed by atoms with van der Waals surface area (Å²) in [5.41, 5.74) is 0. The highest BCUT2D eigenvalue weighted by Crippen LogP contribution is 2.37. The number of carbonyl (C=O) groups is 14. The fourth-order valence-corrected chi connectivity index (χ4v) is 9.98. The van der Waals surface area contributed by atoms with E-state index in [9.17, 15) is 67.1 Å². The molecule has 37 nitrogen and oxygen atoms in total. The molecule has 4 rings (SSSR count). The zero-order valence-corrected chi connectivity index (χ0v) is 53.5. The van der Waals surface area contributed by atoms with Crippen LogP contribution in [0.5, 0.6) is 0 Å². The number of hydrogen-bond donors (Lipinski definition) is 2. The van der Waals surface area contributed by atoms with Gasteiger partial charge in [0.05, 0.1) is 26.4 Å². The third-order valence-corrected chi connectivity index (χ3v) is 13.0. The number of esters is 12. The Morgan fingerprint density at radius 1 is 0.269 bits per heavy atom. The van der Waals surface area contributed by atoms with Crippen molar-refractivity contribution in [2.75, 3.05) is 52.9 Å². The van der Waals surface area contributed by atoms with Gasteiger partial charge in [-0.15, -0.1) is 0 Å². The van der Waals surface area contributed by atoms with Gasteiger partial charge < -0.3 is 110 Å².